The molecule has 4 aromatic rings. The Labute approximate surface area is 279 Å². The Hall–Kier alpha value is -3.56. The van der Waals surface area contributed by atoms with Crippen molar-refractivity contribution in [1.82, 2.24) is 10.2 Å². The first-order valence-corrected chi connectivity index (χ1v) is 16.9. The molecule has 0 saturated carbocycles. The molecular weight excluding hydrogens is 653 g/mol. The predicted molar refractivity (Wildman–Crippen MR) is 181 cm³/mol. The Morgan fingerprint density at radius 3 is 2.04 bits per heavy atom. The molecule has 0 aliphatic carbocycles. The normalized spacial score (nSPS) is 12.0. The van der Waals surface area contributed by atoms with Crippen LogP contribution in [0.5, 0.6) is 0 Å². The maximum Gasteiger partial charge on any atom is 0.264 e. The van der Waals surface area contributed by atoms with Crippen LogP contribution in [0.2, 0.25) is 15.1 Å². The molecule has 1 N–H and O–H groups in total. The maximum absolute atomic E-state index is 14.5. The van der Waals surface area contributed by atoms with Gasteiger partial charge in [-0.25, -0.2) is 8.42 Å². The molecule has 7 nitrogen and oxygen atoms in total. The summed E-state index contributed by atoms with van der Waals surface area (Å²) in [6.07, 6.45) is 0.180. The lowest BCUT2D eigenvalue weighted by Gasteiger charge is -2.34. The van der Waals surface area contributed by atoms with Crippen molar-refractivity contribution in [3.05, 3.63) is 129 Å². The quantitative estimate of drug-likeness (QED) is 0.161. The van der Waals surface area contributed by atoms with Crippen molar-refractivity contribution in [2.45, 2.75) is 37.8 Å². The number of rotatable bonds is 13. The van der Waals surface area contributed by atoms with Crippen molar-refractivity contribution in [2.24, 2.45) is 5.92 Å². The Morgan fingerprint density at radius 1 is 0.800 bits per heavy atom. The number of para-hydroxylation sites is 1. The van der Waals surface area contributed by atoms with Gasteiger partial charge in [-0.3, -0.25) is 13.9 Å². The van der Waals surface area contributed by atoms with Crippen LogP contribution in [-0.4, -0.2) is 44.3 Å². The summed E-state index contributed by atoms with van der Waals surface area (Å²) in [5.41, 5.74) is 1.49. The Kier molecular flexibility index (Phi) is 11.9. The molecule has 0 saturated heterocycles. The van der Waals surface area contributed by atoms with E-state index in [-0.39, 0.29) is 40.4 Å². The second-order valence-electron chi connectivity index (χ2n) is 10.9. The van der Waals surface area contributed by atoms with E-state index in [1.54, 1.807) is 54.6 Å². The molecule has 0 aromatic heterocycles. The van der Waals surface area contributed by atoms with Crippen molar-refractivity contribution < 1.29 is 18.0 Å². The molecule has 4 aromatic carbocycles. The molecule has 0 unspecified atom stereocenters. The van der Waals surface area contributed by atoms with Crippen LogP contribution in [0.25, 0.3) is 0 Å². The van der Waals surface area contributed by atoms with Crippen LogP contribution in [-0.2, 0) is 32.6 Å². The first-order chi connectivity index (χ1) is 21.5. The van der Waals surface area contributed by atoms with Crippen LogP contribution >= 0.6 is 34.8 Å². The van der Waals surface area contributed by atoms with Gasteiger partial charge in [0.15, 0.2) is 0 Å². The van der Waals surface area contributed by atoms with Crippen molar-refractivity contribution in [3.63, 3.8) is 0 Å². The molecule has 0 aliphatic heterocycles. The summed E-state index contributed by atoms with van der Waals surface area (Å²) in [7, 11) is -4.26. The number of benzene rings is 4. The number of sulfonamides is 1. The summed E-state index contributed by atoms with van der Waals surface area (Å²) in [6.45, 7) is 3.62. The summed E-state index contributed by atoms with van der Waals surface area (Å²) in [4.78, 5) is 29.7. The van der Waals surface area contributed by atoms with Gasteiger partial charge in [0.1, 0.15) is 12.6 Å². The van der Waals surface area contributed by atoms with Crippen molar-refractivity contribution in [1.29, 1.82) is 0 Å². The zero-order valence-electron chi connectivity index (χ0n) is 24.9. The molecule has 0 fully saturated rings. The molecule has 4 rings (SSSR count). The van der Waals surface area contributed by atoms with Crippen LogP contribution in [0.3, 0.4) is 0 Å². The van der Waals surface area contributed by atoms with E-state index in [4.69, 9.17) is 34.8 Å². The van der Waals surface area contributed by atoms with E-state index in [0.717, 1.165) is 9.87 Å². The smallest absolute Gasteiger partial charge is 0.264 e. The third-order valence-corrected chi connectivity index (χ3v) is 9.72. The summed E-state index contributed by atoms with van der Waals surface area (Å²) >= 11 is 19.2. The summed E-state index contributed by atoms with van der Waals surface area (Å²) in [6, 6.07) is 27.4. The second kappa shape index (κ2) is 15.6. The number of carbonyl (C=O) groups is 2. The van der Waals surface area contributed by atoms with Crippen molar-refractivity contribution in [3.8, 4) is 0 Å². The zero-order valence-corrected chi connectivity index (χ0v) is 28.0. The van der Waals surface area contributed by atoms with Gasteiger partial charge in [-0.1, -0.05) is 115 Å². The van der Waals surface area contributed by atoms with Crippen molar-refractivity contribution in [2.75, 3.05) is 17.4 Å². The molecule has 0 radical (unpaired) electrons. The number of halogens is 3. The van der Waals surface area contributed by atoms with Gasteiger partial charge in [0.2, 0.25) is 11.8 Å². The minimum atomic E-state index is -4.26. The highest BCUT2D eigenvalue weighted by Crippen LogP contribution is 2.31. The van der Waals surface area contributed by atoms with E-state index in [1.807, 2.05) is 44.2 Å². The number of nitrogens with one attached hydrogen (secondary N) is 1. The Morgan fingerprint density at radius 2 is 1.42 bits per heavy atom. The molecule has 0 aliphatic rings. The molecule has 0 bridgehead atoms. The lowest BCUT2D eigenvalue weighted by atomic mass is 10.0. The zero-order chi connectivity index (χ0) is 32.6. The highest BCUT2D eigenvalue weighted by Gasteiger charge is 2.35. The van der Waals surface area contributed by atoms with Gasteiger partial charge in [0, 0.05) is 29.6 Å². The third-order valence-electron chi connectivity index (χ3n) is 7.04. The van der Waals surface area contributed by atoms with Gasteiger partial charge in [0.05, 0.1) is 15.6 Å². The van der Waals surface area contributed by atoms with Crippen LogP contribution in [0, 0.1) is 5.92 Å². The van der Waals surface area contributed by atoms with Gasteiger partial charge in [-0.15, -0.1) is 0 Å². The fraction of sp³-hybridized carbons (Fsp3) is 0.235. The monoisotopic (exact) mass is 685 g/mol. The lowest BCUT2D eigenvalue weighted by Crippen LogP contribution is -2.53. The van der Waals surface area contributed by atoms with Crippen LogP contribution < -0.4 is 9.62 Å². The molecule has 0 heterocycles. The number of carbonyl (C=O) groups excluding carboxylic acids is 2. The molecular formula is C34H34Cl3N3O4S. The molecule has 236 valence electrons. The van der Waals surface area contributed by atoms with E-state index in [1.165, 1.54) is 23.1 Å². The van der Waals surface area contributed by atoms with Crippen LogP contribution in [0.1, 0.15) is 25.0 Å². The van der Waals surface area contributed by atoms with Gasteiger partial charge < -0.3 is 10.2 Å². The summed E-state index contributed by atoms with van der Waals surface area (Å²) < 4.78 is 29.1. The fourth-order valence-electron chi connectivity index (χ4n) is 4.70. The topological polar surface area (TPSA) is 86.8 Å². The van der Waals surface area contributed by atoms with Gasteiger partial charge in [-0.2, -0.15) is 0 Å². The first kappa shape index (κ1) is 34.3. The highest BCUT2D eigenvalue weighted by molar-refractivity contribution is 7.92. The Bertz CT molecular complexity index is 1720. The van der Waals surface area contributed by atoms with E-state index in [0.29, 0.717) is 22.2 Å². The fourth-order valence-corrected chi connectivity index (χ4v) is 6.91. The Balaban J connectivity index is 1.82. The predicted octanol–water partition coefficient (Wildman–Crippen LogP) is 7.25. The van der Waals surface area contributed by atoms with E-state index < -0.39 is 28.5 Å². The largest absolute Gasteiger partial charge is 0.354 e. The van der Waals surface area contributed by atoms with Gasteiger partial charge in [-0.05, 0) is 53.4 Å². The van der Waals surface area contributed by atoms with Crippen LogP contribution in [0.4, 0.5) is 5.69 Å². The first-order valence-electron chi connectivity index (χ1n) is 14.3. The highest BCUT2D eigenvalue weighted by atomic mass is 35.5. The number of hydrogen-bond acceptors (Lipinski definition) is 4. The molecule has 0 spiro atoms. The van der Waals surface area contributed by atoms with E-state index >= 15 is 0 Å². The molecule has 45 heavy (non-hydrogen) atoms. The van der Waals surface area contributed by atoms with Gasteiger partial charge in [0.25, 0.3) is 10.0 Å². The van der Waals surface area contributed by atoms with Gasteiger partial charge >= 0.3 is 0 Å². The number of nitrogens with zero attached hydrogens (tertiary/aromatic N) is 2. The number of amides is 2. The molecule has 2 amide bonds. The minimum Gasteiger partial charge on any atom is -0.354 e. The average molecular weight is 687 g/mol. The molecule has 1 atom stereocenters. The third kappa shape index (κ3) is 9.01. The molecule has 11 heteroatoms. The lowest BCUT2D eigenvalue weighted by molar-refractivity contribution is -0.140. The SMILES string of the molecule is CC(C)CNC(=O)[C@H](Cc1ccccc1)N(Cc1ccc(Cl)cc1Cl)C(=O)CN(c1ccccc1Cl)S(=O)(=O)c1ccccc1. The second-order valence-corrected chi connectivity index (χ2v) is 14.0. The van der Waals surface area contributed by atoms with E-state index in [2.05, 4.69) is 5.32 Å². The number of hydrogen-bond donors (Lipinski definition) is 1. The number of anilines is 1. The summed E-state index contributed by atoms with van der Waals surface area (Å²) in [5, 5.41) is 3.82. The minimum absolute atomic E-state index is 0.0134. The average Bonchev–Trinajstić information content (AvgIpc) is 3.02. The van der Waals surface area contributed by atoms with Crippen LogP contribution in [0.15, 0.2) is 108 Å². The van der Waals surface area contributed by atoms with Crippen molar-refractivity contribution >= 4 is 62.3 Å². The van der Waals surface area contributed by atoms with E-state index in [9.17, 15) is 18.0 Å². The summed E-state index contributed by atoms with van der Waals surface area (Å²) in [5.74, 6) is -0.838. The maximum atomic E-state index is 14.5. The standard InChI is InChI=1S/C34H34Cl3N3O4S/c1-24(2)21-38-34(42)32(19-25-11-5-3-6-12-25)39(22-26-17-18-27(35)20-30(26)37)33(41)23-40(31-16-10-9-15-29(31)36)45(43,44)28-13-7-4-8-14-28/h3-18,20,24,32H,19,21-23H2,1-2H3,(H,38,42)/t32-/m0/s1.